The van der Waals surface area contributed by atoms with Crippen molar-refractivity contribution in [2.24, 2.45) is 4.99 Å². The van der Waals surface area contributed by atoms with Crippen LogP contribution in [0.1, 0.15) is 23.6 Å². The maximum absolute atomic E-state index is 6.07. The molecule has 2 nitrogen and oxygen atoms in total. The van der Waals surface area contributed by atoms with E-state index in [-0.39, 0.29) is 0 Å². The van der Waals surface area contributed by atoms with Crippen molar-refractivity contribution in [3.8, 4) is 5.75 Å². The van der Waals surface area contributed by atoms with Crippen LogP contribution < -0.4 is 4.74 Å². The quantitative estimate of drug-likeness (QED) is 0.313. The molecule has 0 saturated heterocycles. The molecule has 27 heavy (non-hydrogen) atoms. The van der Waals surface area contributed by atoms with Gasteiger partial charge in [0.05, 0.1) is 10.2 Å². The van der Waals surface area contributed by atoms with Crippen LogP contribution in [0.2, 0.25) is 5.02 Å². The number of halogens is 3. The van der Waals surface area contributed by atoms with Crippen LogP contribution in [0.25, 0.3) is 0 Å². The van der Waals surface area contributed by atoms with Crippen molar-refractivity contribution in [2.75, 3.05) is 0 Å². The van der Waals surface area contributed by atoms with E-state index in [4.69, 9.17) is 16.3 Å². The first-order valence-corrected chi connectivity index (χ1v) is 10.5. The van der Waals surface area contributed by atoms with Crippen molar-refractivity contribution in [3.63, 3.8) is 0 Å². The Balaban J connectivity index is 1.84. The largest absolute Gasteiger partial charge is 0.487 e. The third kappa shape index (κ3) is 5.68. The lowest BCUT2D eigenvalue weighted by molar-refractivity contribution is 0.304. The maximum Gasteiger partial charge on any atom is 0.142 e. The molecule has 0 fully saturated rings. The van der Waals surface area contributed by atoms with Crippen LogP contribution in [0.4, 0.5) is 5.69 Å². The van der Waals surface area contributed by atoms with E-state index < -0.39 is 0 Å². The van der Waals surface area contributed by atoms with Crippen LogP contribution in [0.5, 0.6) is 5.75 Å². The van der Waals surface area contributed by atoms with Gasteiger partial charge in [-0.25, -0.2) is 0 Å². The fourth-order valence-corrected chi connectivity index (χ4v) is 4.16. The molecule has 5 heteroatoms. The molecule has 3 aromatic rings. The van der Waals surface area contributed by atoms with Crippen LogP contribution in [0, 0.1) is 0 Å². The van der Waals surface area contributed by atoms with Crippen molar-refractivity contribution in [1.82, 2.24) is 0 Å². The highest BCUT2D eigenvalue weighted by atomic mass is 79.9. The van der Waals surface area contributed by atoms with E-state index in [1.54, 1.807) is 0 Å². The molecule has 0 aliphatic rings. The lowest BCUT2D eigenvalue weighted by Gasteiger charge is -2.12. The Morgan fingerprint density at radius 1 is 1.00 bits per heavy atom. The summed E-state index contributed by atoms with van der Waals surface area (Å²) in [5, 5.41) is 0.697. The molecule has 0 bridgehead atoms. The van der Waals surface area contributed by atoms with E-state index in [0.717, 1.165) is 37.9 Å². The van der Waals surface area contributed by atoms with Gasteiger partial charge in [0.2, 0.25) is 0 Å². The lowest BCUT2D eigenvalue weighted by atomic mass is 10.1. The lowest BCUT2D eigenvalue weighted by Crippen LogP contribution is -1.99. The van der Waals surface area contributed by atoms with Gasteiger partial charge in [-0.3, -0.25) is 4.99 Å². The molecule has 0 saturated carbocycles. The van der Waals surface area contributed by atoms with E-state index >= 15 is 0 Å². The molecule has 0 amide bonds. The van der Waals surface area contributed by atoms with Crippen LogP contribution in [0.15, 0.2) is 74.6 Å². The molecule has 0 aromatic heterocycles. The molecule has 3 rings (SSSR count). The first-order chi connectivity index (χ1) is 13.0. The zero-order valence-electron chi connectivity index (χ0n) is 14.8. The monoisotopic (exact) mass is 505 g/mol. The Morgan fingerprint density at radius 3 is 2.48 bits per heavy atom. The zero-order valence-corrected chi connectivity index (χ0v) is 18.7. The number of rotatable bonds is 6. The molecule has 0 spiro atoms. The standard InChI is InChI=1S/C22H18Br2ClNO/c1-2-15-6-8-20(9-7-15)26-13-17-11-18(23)12-21(24)22(17)27-14-16-4-3-5-19(25)10-16/h3-13H,2,14H2,1H3. The molecule has 0 radical (unpaired) electrons. The average molecular weight is 508 g/mol. The fraction of sp³-hybridized carbons (Fsp3) is 0.136. The minimum Gasteiger partial charge on any atom is -0.487 e. The van der Waals surface area contributed by atoms with Crippen molar-refractivity contribution in [3.05, 3.63) is 91.3 Å². The molecule has 0 atom stereocenters. The van der Waals surface area contributed by atoms with Gasteiger partial charge in [-0.1, -0.05) is 58.7 Å². The minimum absolute atomic E-state index is 0.423. The second-order valence-corrected chi connectivity index (χ2v) is 8.21. The maximum atomic E-state index is 6.07. The van der Waals surface area contributed by atoms with Crippen LogP contribution in [-0.2, 0) is 13.0 Å². The third-order valence-corrected chi connectivity index (χ3v) is 5.29. The summed E-state index contributed by atoms with van der Waals surface area (Å²) in [7, 11) is 0. The normalized spacial score (nSPS) is 11.1. The molecule has 0 N–H and O–H groups in total. The van der Waals surface area contributed by atoms with Crippen LogP contribution >= 0.6 is 43.5 Å². The zero-order chi connectivity index (χ0) is 19.2. The third-order valence-electron chi connectivity index (χ3n) is 4.01. The Hall–Kier alpha value is -1.62. The smallest absolute Gasteiger partial charge is 0.142 e. The van der Waals surface area contributed by atoms with Crippen molar-refractivity contribution < 1.29 is 4.74 Å². The predicted octanol–water partition coefficient (Wildman–Crippen LogP) is 7.76. The summed E-state index contributed by atoms with van der Waals surface area (Å²) in [6.07, 6.45) is 2.84. The number of aryl methyl sites for hydroxylation is 1. The van der Waals surface area contributed by atoms with Gasteiger partial charge in [-0.15, -0.1) is 0 Å². The van der Waals surface area contributed by atoms with Gasteiger partial charge in [-0.2, -0.15) is 0 Å². The van der Waals surface area contributed by atoms with Gasteiger partial charge in [0.1, 0.15) is 12.4 Å². The molecule has 3 aromatic carbocycles. The summed E-state index contributed by atoms with van der Waals surface area (Å²) in [4.78, 5) is 4.60. The molecule has 0 unspecified atom stereocenters. The van der Waals surface area contributed by atoms with Crippen molar-refractivity contribution >= 4 is 55.4 Å². The molecule has 0 aliphatic heterocycles. The minimum atomic E-state index is 0.423. The van der Waals surface area contributed by atoms with Gasteiger partial charge in [0.15, 0.2) is 0 Å². The summed E-state index contributed by atoms with van der Waals surface area (Å²) >= 11 is 13.2. The van der Waals surface area contributed by atoms with E-state index in [1.807, 2.05) is 54.7 Å². The summed E-state index contributed by atoms with van der Waals surface area (Å²) < 4.78 is 7.89. The van der Waals surface area contributed by atoms with Gasteiger partial charge in [0, 0.05) is 21.3 Å². The number of benzene rings is 3. The topological polar surface area (TPSA) is 21.6 Å². The second kappa shape index (κ2) is 9.54. The molecule has 138 valence electrons. The van der Waals surface area contributed by atoms with Gasteiger partial charge >= 0.3 is 0 Å². The number of nitrogens with zero attached hydrogens (tertiary/aromatic N) is 1. The fourth-order valence-electron chi connectivity index (χ4n) is 2.57. The molecular formula is C22H18Br2ClNO. The first kappa shape index (κ1) is 20.1. The van der Waals surface area contributed by atoms with Gasteiger partial charge in [-0.05, 0) is 69.9 Å². The van der Waals surface area contributed by atoms with Crippen LogP contribution in [-0.4, -0.2) is 6.21 Å². The SMILES string of the molecule is CCc1ccc(N=Cc2cc(Br)cc(Br)c2OCc2cccc(Cl)c2)cc1. The number of aliphatic imine (C=N–C) groups is 1. The molecular weight excluding hydrogens is 490 g/mol. The van der Waals surface area contributed by atoms with E-state index in [2.05, 4.69) is 55.9 Å². The van der Waals surface area contributed by atoms with Crippen LogP contribution in [0.3, 0.4) is 0 Å². The van der Waals surface area contributed by atoms with Gasteiger partial charge in [0.25, 0.3) is 0 Å². The number of ether oxygens (including phenoxy) is 1. The molecule has 0 aliphatic carbocycles. The summed E-state index contributed by atoms with van der Waals surface area (Å²) in [5.74, 6) is 0.743. The Morgan fingerprint density at radius 2 is 1.78 bits per heavy atom. The molecule has 0 heterocycles. The highest BCUT2D eigenvalue weighted by Crippen LogP contribution is 2.33. The second-order valence-electron chi connectivity index (χ2n) is 6.00. The van der Waals surface area contributed by atoms with E-state index in [1.165, 1.54) is 5.56 Å². The highest BCUT2D eigenvalue weighted by molar-refractivity contribution is 9.11. The summed E-state index contributed by atoms with van der Waals surface area (Å²) in [6.45, 7) is 2.56. The highest BCUT2D eigenvalue weighted by Gasteiger charge is 2.10. The van der Waals surface area contributed by atoms with E-state index in [9.17, 15) is 0 Å². The van der Waals surface area contributed by atoms with Gasteiger partial charge < -0.3 is 4.74 Å². The summed E-state index contributed by atoms with van der Waals surface area (Å²) in [6, 6.07) is 19.8. The predicted molar refractivity (Wildman–Crippen MR) is 121 cm³/mol. The van der Waals surface area contributed by atoms with E-state index in [0.29, 0.717) is 11.6 Å². The Kier molecular flexibility index (Phi) is 7.11. The Labute approximate surface area is 181 Å². The van der Waals surface area contributed by atoms with Crippen molar-refractivity contribution in [2.45, 2.75) is 20.0 Å². The van der Waals surface area contributed by atoms with Crippen molar-refractivity contribution in [1.29, 1.82) is 0 Å². The summed E-state index contributed by atoms with van der Waals surface area (Å²) in [5.41, 5.74) is 4.10. The number of hydrogen-bond acceptors (Lipinski definition) is 2. The average Bonchev–Trinajstić information content (AvgIpc) is 2.66. The first-order valence-electron chi connectivity index (χ1n) is 8.54. The number of hydrogen-bond donors (Lipinski definition) is 0. The Bertz CT molecular complexity index is 955.